The van der Waals surface area contributed by atoms with Crippen LogP contribution >= 0.6 is 0 Å². The minimum absolute atomic E-state index is 0.371. The van der Waals surface area contributed by atoms with Crippen molar-refractivity contribution in [2.24, 2.45) is 5.92 Å². The van der Waals surface area contributed by atoms with Crippen LogP contribution < -0.4 is 10.1 Å². The Bertz CT molecular complexity index is 349. The maximum absolute atomic E-state index is 5.58. The summed E-state index contributed by atoms with van der Waals surface area (Å²) in [5.41, 5.74) is 2.13. The van der Waals surface area contributed by atoms with Crippen molar-refractivity contribution in [3.63, 3.8) is 0 Å². The van der Waals surface area contributed by atoms with Gasteiger partial charge in [0.05, 0.1) is 11.7 Å². The van der Waals surface area contributed by atoms with Crippen molar-refractivity contribution in [1.29, 1.82) is 0 Å². The number of hydrogen-bond acceptors (Lipinski definition) is 3. The first-order valence-corrected chi connectivity index (χ1v) is 5.54. The molecular weight excluding hydrogens is 188 g/mol. The molecule has 1 atom stereocenters. The first-order chi connectivity index (χ1) is 7.15. The van der Waals surface area contributed by atoms with Gasteiger partial charge in [0.2, 0.25) is 5.88 Å². The van der Waals surface area contributed by atoms with Crippen molar-refractivity contribution >= 4 is 5.69 Å². The van der Waals surface area contributed by atoms with Crippen LogP contribution in [-0.4, -0.2) is 17.6 Å². The highest BCUT2D eigenvalue weighted by Gasteiger charge is 2.16. The van der Waals surface area contributed by atoms with E-state index >= 15 is 0 Å². The fraction of sp³-hybridized carbons (Fsp3) is 0.583. The Morgan fingerprint density at radius 3 is 3.07 bits per heavy atom. The Labute approximate surface area is 90.9 Å². The van der Waals surface area contributed by atoms with Crippen LogP contribution in [0.5, 0.6) is 5.88 Å². The van der Waals surface area contributed by atoms with Crippen LogP contribution in [0.15, 0.2) is 12.1 Å². The Morgan fingerprint density at radius 2 is 2.33 bits per heavy atom. The molecule has 1 aromatic rings. The SMILES string of the molecule is CC(C)Cc1ccc2c(n1)OCC(C)N2. The second-order valence-electron chi connectivity index (χ2n) is 4.61. The quantitative estimate of drug-likeness (QED) is 0.807. The van der Waals surface area contributed by atoms with Gasteiger partial charge >= 0.3 is 0 Å². The summed E-state index contributed by atoms with van der Waals surface area (Å²) in [5, 5.41) is 3.35. The topological polar surface area (TPSA) is 34.1 Å². The van der Waals surface area contributed by atoms with E-state index in [1.54, 1.807) is 0 Å². The highest BCUT2D eigenvalue weighted by atomic mass is 16.5. The van der Waals surface area contributed by atoms with E-state index in [4.69, 9.17) is 4.74 Å². The second kappa shape index (κ2) is 4.09. The van der Waals surface area contributed by atoms with Gasteiger partial charge in [-0.1, -0.05) is 13.8 Å². The summed E-state index contributed by atoms with van der Waals surface area (Å²) >= 11 is 0. The average molecular weight is 206 g/mol. The summed E-state index contributed by atoms with van der Waals surface area (Å²) in [5.74, 6) is 1.39. The third kappa shape index (κ3) is 2.41. The average Bonchev–Trinajstić information content (AvgIpc) is 2.17. The summed E-state index contributed by atoms with van der Waals surface area (Å²) in [7, 11) is 0. The summed E-state index contributed by atoms with van der Waals surface area (Å²) in [4.78, 5) is 4.50. The molecule has 0 saturated heterocycles. The van der Waals surface area contributed by atoms with Crippen molar-refractivity contribution in [1.82, 2.24) is 4.98 Å². The molecule has 0 saturated carbocycles. The molecule has 0 aromatic carbocycles. The molecule has 1 N–H and O–H groups in total. The summed E-state index contributed by atoms with van der Waals surface area (Å²) in [6.45, 7) is 7.20. The number of fused-ring (bicyclic) bond motifs is 1. The zero-order valence-electron chi connectivity index (χ0n) is 9.58. The number of anilines is 1. The lowest BCUT2D eigenvalue weighted by Crippen LogP contribution is -2.28. The number of nitrogens with zero attached hydrogens (tertiary/aromatic N) is 1. The zero-order chi connectivity index (χ0) is 10.8. The largest absolute Gasteiger partial charge is 0.474 e. The first-order valence-electron chi connectivity index (χ1n) is 5.54. The molecule has 3 nitrogen and oxygen atoms in total. The van der Waals surface area contributed by atoms with Gasteiger partial charge in [-0.25, -0.2) is 4.98 Å². The van der Waals surface area contributed by atoms with Gasteiger partial charge in [0, 0.05) is 5.69 Å². The molecule has 82 valence electrons. The van der Waals surface area contributed by atoms with Crippen molar-refractivity contribution in [2.45, 2.75) is 33.2 Å². The van der Waals surface area contributed by atoms with Crippen LogP contribution in [0.25, 0.3) is 0 Å². The van der Waals surface area contributed by atoms with E-state index in [1.165, 1.54) is 0 Å². The third-order valence-corrected chi connectivity index (χ3v) is 2.41. The molecule has 0 bridgehead atoms. The number of aromatic nitrogens is 1. The van der Waals surface area contributed by atoms with Crippen LogP contribution in [0, 0.1) is 5.92 Å². The monoisotopic (exact) mass is 206 g/mol. The van der Waals surface area contributed by atoms with E-state index < -0.39 is 0 Å². The predicted molar refractivity (Wildman–Crippen MR) is 61.4 cm³/mol. The zero-order valence-corrected chi connectivity index (χ0v) is 9.58. The lowest BCUT2D eigenvalue weighted by Gasteiger charge is -2.24. The van der Waals surface area contributed by atoms with E-state index in [0.717, 1.165) is 23.7 Å². The first kappa shape index (κ1) is 10.3. The van der Waals surface area contributed by atoms with Gasteiger partial charge in [-0.3, -0.25) is 0 Å². The number of rotatable bonds is 2. The van der Waals surface area contributed by atoms with Crippen LogP contribution in [0.1, 0.15) is 26.5 Å². The van der Waals surface area contributed by atoms with E-state index in [2.05, 4.69) is 43.2 Å². The van der Waals surface area contributed by atoms with Gasteiger partial charge in [0.1, 0.15) is 6.61 Å². The van der Waals surface area contributed by atoms with Gasteiger partial charge in [-0.05, 0) is 31.4 Å². The van der Waals surface area contributed by atoms with Crippen molar-refractivity contribution in [2.75, 3.05) is 11.9 Å². The van der Waals surface area contributed by atoms with Crippen LogP contribution in [-0.2, 0) is 6.42 Å². The maximum atomic E-state index is 5.58. The summed E-state index contributed by atoms with van der Waals surface area (Å²) < 4.78 is 5.58. The Morgan fingerprint density at radius 1 is 1.53 bits per heavy atom. The fourth-order valence-electron chi connectivity index (χ4n) is 1.74. The molecule has 0 radical (unpaired) electrons. The molecule has 3 heteroatoms. The number of hydrogen-bond donors (Lipinski definition) is 1. The highest BCUT2D eigenvalue weighted by molar-refractivity contribution is 5.55. The molecule has 1 aliphatic heterocycles. The number of pyridine rings is 1. The molecule has 0 fully saturated rings. The highest BCUT2D eigenvalue weighted by Crippen LogP contribution is 2.27. The van der Waals surface area contributed by atoms with Gasteiger partial charge in [0.25, 0.3) is 0 Å². The molecule has 1 aromatic heterocycles. The van der Waals surface area contributed by atoms with Crippen molar-refractivity contribution < 1.29 is 4.74 Å². The predicted octanol–water partition coefficient (Wildman–Crippen LogP) is 2.47. The molecule has 2 heterocycles. The smallest absolute Gasteiger partial charge is 0.237 e. The molecular formula is C12H18N2O. The van der Waals surface area contributed by atoms with Gasteiger partial charge in [-0.15, -0.1) is 0 Å². The Kier molecular flexibility index (Phi) is 2.80. The lowest BCUT2D eigenvalue weighted by molar-refractivity contribution is 0.279. The molecule has 0 aliphatic carbocycles. The molecule has 1 unspecified atom stereocenters. The van der Waals surface area contributed by atoms with Gasteiger partial charge in [-0.2, -0.15) is 0 Å². The summed E-state index contributed by atoms with van der Waals surface area (Å²) in [6.07, 6.45) is 1.01. The van der Waals surface area contributed by atoms with Crippen molar-refractivity contribution in [3.05, 3.63) is 17.8 Å². The van der Waals surface area contributed by atoms with Crippen LogP contribution in [0.4, 0.5) is 5.69 Å². The van der Waals surface area contributed by atoms with Gasteiger partial charge in [0.15, 0.2) is 0 Å². The third-order valence-electron chi connectivity index (χ3n) is 2.41. The lowest BCUT2D eigenvalue weighted by atomic mass is 10.1. The molecule has 0 spiro atoms. The molecule has 1 aliphatic rings. The van der Waals surface area contributed by atoms with Crippen LogP contribution in [0.3, 0.4) is 0 Å². The van der Waals surface area contributed by atoms with E-state index in [0.29, 0.717) is 18.6 Å². The van der Waals surface area contributed by atoms with Crippen molar-refractivity contribution in [3.8, 4) is 5.88 Å². The molecule has 15 heavy (non-hydrogen) atoms. The minimum atomic E-state index is 0.371. The van der Waals surface area contributed by atoms with E-state index in [9.17, 15) is 0 Å². The van der Waals surface area contributed by atoms with Crippen LogP contribution in [0.2, 0.25) is 0 Å². The standard InChI is InChI=1S/C12H18N2O/c1-8(2)6-10-4-5-11-12(14-10)15-7-9(3)13-11/h4-5,8-9,13H,6-7H2,1-3H3. The van der Waals surface area contributed by atoms with E-state index in [1.807, 2.05) is 0 Å². The number of nitrogens with one attached hydrogen (secondary N) is 1. The fourth-order valence-corrected chi connectivity index (χ4v) is 1.74. The minimum Gasteiger partial charge on any atom is -0.474 e. The Balaban J connectivity index is 2.19. The second-order valence-corrected chi connectivity index (χ2v) is 4.61. The van der Waals surface area contributed by atoms with E-state index in [-0.39, 0.29) is 0 Å². The normalized spacial score (nSPS) is 19.3. The van der Waals surface area contributed by atoms with Gasteiger partial charge < -0.3 is 10.1 Å². The molecule has 0 amide bonds. The molecule has 2 rings (SSSR count). The maximum Gasteiger partial charge on any atom is 0.237 e. The Hall–Kier alpha value is -1.25. The number of ether oxygens (including phenoxy) is 1. The summed E-state index contributed by atoms with van der Waals surface area (Å²) in [6, 6.07) is 4.51.